The van der Waals surface area contributed by atoms with Gasteiger partial charge in [0.05, 0.1) is 30.6 Å². The minimum absolute atomic E-state index is 0.0847. The van der Waals surface area contributed by atoms with Crippen molar-refractivity contribution in [3.8, 4) is 0 Å². The average Bonchev–Trinajstić information content (AvgIpc) is 3.62. The summed E-state index contributed by atoms with van der Waals surface area (Å²) in [5.41, 5.74) is 4.61. The Balaban J connectivity index is 2.26. The molecule has 2 rings (SSSR count). The lowest BCUT2D eigenvalue weighted by molar-refractivity contribution is -0.149. The first-order valence-electron chi connectivity index (χ1n) is 13.0. The summed E-state index contributed by atoms with van der Waals surface area (Å²) in [5.74, 6) is -2.62. The molecular weight excluding hydrogens is 512 g/mol. The van der Waals surface area contributed by atoms with Crippen molar-refractivity contribution in [3.63, 3.8) is 0 Å². The van der Waals surface area contributed by atoms with Gasteiger partial charge >= 0.3 is 5.97 Å². The summed E-state index contributed by atoms with van der Waals surface area (Å²) in [6.07, 6.45) is -0.205. The number of rotatable bonds is 16. The maximum absolute atomic E-state index is 13.4. The first kappa shape index (κ1) is 31.7. The molecule has 0 spiro atoms. The zero-order valence-electron chi connectivity index (χ0n) is 22.8. The molecule has 0 saturated heterocycles. The summed E-state index contributed by atoms with van der Waals surface area (Å²) in [6, 6.07) is 8.33. The van der Waals surface area contributed by atoms with Crippen molar-refractivity contribution >= 4 is 28.0 Å². The number of primary amides is 1. The molecule has 11 nitrogen and oxygen atoms in total. The fraction of sp³-hybridized carbons (Fsp3) is 0.654. The Bertz CT molecular complexity index is 1060. The van der Waals surface area contributed by atoms with Crippen molar-refractivity contribution in [2.24, 2.45) is 23.5 Å². The summed E-state index contributed by atoms with van der Waals surface area (Å²) in [6.45, 7) is 8.18. The van der Waals surface area contributed by atoms with Crippen LogP contribution in [0.4, 0.5) is 0 Å². The van der Waals surface area contributed by atoms with Gasteiger partial charge in [0.2, 0.25) is 11.8 Å². The Kier molecular flexibility index (Phi) is 11.3. The number of nitrogens with two attached hydrogens (primary N) is 1. The van der Waals surface area contributed by atoms with Gasteiger partial charge in [-0.3, -0.25) is 14.4 Å². The minimum Gasteiger partial charge on any atom is -0.465 e. The lowest BCUT2D eigenvalue weighted by Crippen LogP contribution is -2.58. The summed E-state index contributed by atoms with van der Waals surface area (Å²) < 4.78 is 35.3. The van der Waals surface area contributed by atoms with E-state index in [9.17, 15) is 27.9 Å². The van der Waals surface area contributed by atoms with E-state index in [2.05, 4.69) is 10.0 Å². The van der Waals surface area contributed by atoms with E-state index >= 15 is 0 Å². The molecule has 1 aliphatic rings. The van der Waals surface area contributed by atoms with Gasteiger partial charge in [0.25, 0.3) is 10.2 Å². The summed E-state index contributed by atoms with van der Waals surface area (Å²) in [7, 11) is -4.24. The average molecular weight is 555 g/mol. The fourth-order valence-corrected chi connectivity index (χ4v) is 5.58. The predicted octanol–water partition coefficient (Wildman–Crippen LogP) is 0.720. The molecule has 1 saturated carbocycles. The molecule has 2 amide bonds. The number of hydrogen-bond acceptors (Lipinski definition) is 7. The van der Waals surface area contributed by atoms with Gasteiger partial charge < -0.3 is 20.9 Å². The maximum Gasteiger partial charge on any atom is 0.326 e. The number of aliphatic hydroxyl groups is 1. The molecule has 214 valence electrons. The van der Waals surface area contributed by atoms with E-state index in [0.717, 1.165) is 9.87 Å². The number of aliphatic hydroxyl groups excluding tert-OH is 1. The second kappa shape index (κ2) is 13.5. The highest BCUT2D eigenvalue weighted by Gasteiger charge is 2.48. The number of nitrogens with one attached hydrogen (secondary N) is 2. The van der Waals surface area contributed by atoms with Gasteiger partial charge in [-0.25, -0.2) is 0 Å². The van der Waals surface area contributed by atoms with Gasteiger partial charge in [-0.2, -0.15) is 17.4 Å². The molecule has 0 aromatic heterocycles. The maximum atomic E-state index is 13.4. The van der Waals surface area contributed by atoms with Gasteiger partial charge in [0, 0.05) is 13.1 Å². The first-order chi connectivity index (χ1) is 17.7. The molecule has 1 aromatic carbocycles. The first-order valence-corrected chi connectivity index (χ1v) is 14.4. The van der Waals surface area contributed by atoms with Crippen LogP contribution in [0.15, 0.2) is 30.3 Å². The van der Waals surface area contributed by atoms with Crippen LogP contribution in [0.25, 0.3) is 0 Å². The second-order valence-corrected chi connectivity index (χ2v) is 12.4. The highest BCUT2D eigenvalue weighted by molar-refractivity contribution is 7.87. The molecule has 5 N–H and O–H groups in total. The quantitative estimate of drug-likeness (QED) is 0.218. The monoisotopic (exact) mass is 554 g/mol. The van der Waals surface area contributed by atoms with Crippen LogP contribution in [0, 0.1) is 17.8 Å². The Hall–Kier alpha value is -2.54. The van der Waals surface area contributed by atoms with E-state index in [-0.39, 0.29) is 32.0 Å². The third-order valence-corrected chi connectivity index (χ3v) is 8.22. The number of benzene rings is 1. The second-order valence-electron chi connectivity index (χ2n) is 10.7. The summed E-state index contributed by atoms with van der Waals surface area (Å²) in [5, 5.41) is 14.1. The van der Waals surface area contributed by atoms with Crippen LogP contribution in [0.1, 0.15) is 53.0 Å². The molecule has 0 radical (unpaired) electrons. The standard InChI is InChI=1S/C26H42N4O7S/c1-6-37-25(34)26(4,5)29-38(35,36)30(13-12-17(2)3)16-22(31)21(14-18-10-8-7-9-11-18)28-24(33)20-15-19(20)23(27)32/h7-11,17,19-22,29,31H,6,12-16H2,1-5H3,(H2,27,32)(H,28,33)/t19?,20?,21-,22+/m0/s1. The predicted molar refractivity (Wildman–Crippen MR) is 143 cm³/mol. The highest BCUT2D eigenvalue weighted by Crippen LogP contribution is 2.38. The van der Waals surface area contributed by atoms with Crippen LogP contribution >= 0.6 is 0 Å². The van der Waals surface area contributed by atoms with Crippen molar-refractivity contribution in [2.75, 3.05) is 19.7 Å². The minimum atomic E-state index is -4.24. The molecule has 0 heterocycles. The van der Waals surface area contributed by atoms with E-state index in [4.69, 9.17) is 10.5 Å². The van der Waals surface area contributed by atoms with Crippen LogP contribution in [-0.4, -0.2) is 73.0 Å². The van der Waals surface area contributed by atoms with E-state index in [1.54, 1.807) is 6.92 Å². The molecule has 2 unspecified atom stereocenters. The SMILES string of the molecule is CCOC(=O)C(C)(C)NS(=O)(=O)N(CCC(C)C)C[C@@H](O)[C@H](Cc1ccccc1)NC(=O)C1CC1C(N)=O. The Morgan fingerprint density at radius 3 is 2.34 bits per heavy atom. The van der Waals surface area contributed by atoms with Gasteiger partial charge in [-0.05, 0) is 51.5 Å². The number of carbonyl (C=O) groups is 3. The van der Waals surface area contributed by atoms with Gasteiger partial charge in [-0.1, -0.05) is 44.2 Å². The third kappa shape index (κ3) is 9.33. The van der Waals surface area contributed by atoms with Crippen molar-refractivity contribution < 1.29 is 32.6 Å². The topological polar surface area (TPSA) is 168 Å². The number of esters is 1. The number of hydrogen-bond donors (Lipinski definition) is 4. The third-order valence-electron chi connectivity index (χ3n) is 6.44. The molecule has 38 heavy (non-hydrogen) atoms. The largest absolute Gasteiger partial charge is 0.465 e. The molecule has 4 atom stereocenters. The Morgan fingerprint density at radius 1 is 1.18 bits per heavy atom. The van der Waals surface area contributed by atoms with Crippen LogP contribution in [0.2, 0.25) is 0 Å². The van der Waals surface area contributed by atoms with Crippen LogP contribution < -0.4 is 15.8 Å². The Morgan fingerprint density at radius 2 is 1.82 bits per heavy atom. The van der Waals surface area contributed by atoms with Crippen LogP contribution in [-0.2, 0) is 35.8 Å². The van der Waals surface area contributed by atoms with Crippen molar-refractivity contribution in [1.82, 2.24) is 14.3 Å². The fourth-order valence-electron chi connectivity index (χ4n) is 4.03. The smallest absolute Gasteiger partial charge is 0.326 e. The lowest BCUT2D eigenvalue weighted by Gasteiger charge is -2.32. The van der Waals surface area contributed by atoms with E-state index in [1.807, 2.05) is 44.2 Å². The molecule has 0 bridgehead atoms. The molecule has 1 fully saturated rings. The highest BCUT2D eigenvalue weighted by atomic mass is 32.2. The number of amides is 2. The van der Waals surface area contributed by atoms with Crippen molar-refractivity contribution in [3.05, 3.63) is 35.9 Å². The van der Waals surface area contributed by atoms with E-state index < -0.39 is 57.5 Å². The van der Waals surface area contributed by atoms with Crippen LogP contribution in [0.5, 0.6) is 0 Å². The van der Waals surface area contributed by atoms with Gasteiger partial charge in [0.1, 0.15) is 5.54 Å². The number of ether oxygens (including phenoxy) is 1. The molecular formula is C26H42N4O7S. The lowest BCUT2D eigenvalue weighted by atomic mass is 10.0. The van der Waals surface area contributed by atoms with Gasteiger partial charge in [0.15, 0.2) is 0 Å². The van der Waals surface area contributed by atoms with Crippen molar-refractivity contribution in [1.29, 1.82) is 0 Å². The normalized spacial score (nSPS) is 19.2. The molecule has 12 heteroatoms. The van der Waals surface area contributed by atoms with Gasteiger partial charge in [-0.15, -0.1) is 0 Å². The molecule has 0 aliphatic heterocycles. The number of nitrogens with zero attached hydrogens (tertiary/aromatic N) is 1. The summed E-state index contributed by atoms with van der Waals surface area (Å²) >= 11 is 0. The molecule has 1 aliphatic carbocycles. The van der Waals surface area contributed by atoms with Crippen molar-refractivity contribution in [2.45, 2.75) is 71.6 Å². The molecule has 1 aromatic rings. The summed E-state index contributed by atoms with van der Waals surface area (Å²) in [4.78, 5) is 36.6. The zero-order chi connectivity index (χ0) is 28.7. The van der Waals surface area contributed by atoms with E-state index in [1.165, 1.54) is 13.8 Å². The Labute approximate surface area is 225 Å². The zero-order valence-corrected chi connectivity index (χ0v) is 23.7. The van der Waals surface area contributed by atoms with Crippen LogP contribution in [0.3, 0.4) is 0 Å². The van der Waals surface area contributed by atoms with E-state index in [0.29, 0.717) is 12.8 Å². The number of carbonyl (C=O) groups excluding carboxylic acids is 3.